The molecular formula is C20H21BrN2O2. The third kappa shape index (κ3) is 3.78. The number of ether oxygens (including phenoxy) is 1. The summed E-state index contributed by atoms with van der Waals surface area (Å²) in [6, 6.07) is 11.3. The van der Waals surface area contributed by atoms with Gasteiger partial charge in [0.05, 0.1) is 5.56 Å². The summed E-state index contributed by atoms with van der Waals surface area (Å²) < 4.78 is 6.66. The van der Waals surface area contributed by atoms with E-state index in [0.717, 1.165) is 39.5 Å². The monoisotopic (exact) mass is 400 g/mol. The number of esters is 1. The molecule has 25 heavy (non-hydrogen) atoms. The van der Waals surface area contributed by atoms with Crippen molar-refractivity contribution in [1.82, 2.24) is 9.88 Å². The standard InChI is InChI=1S/C20H21BrN2O2/c1-13-15(6-4-7-16(13)21)20(24)25-18-9-5-8-17-19(18)14(12-22-17)10-11-23(2)3/h4-9,12,22H,10-11H2,1-3H3. The number of benzene rings is 2. The summed E-state index contributed by atoms with van der Waals surface area (Å²) in [6.07, 6.45) is 2.88. The number of hydrogen-bond acceptors (Lipinski definition) is 3. The fraction of sp³-hybridized carbons (Fsp3) is 0.250. The van der Waals surface area contributed by atoms with Crippen molar-refractivity contribution in [2.45, 2.75) is 13.3 Å². The molecule has 1 heterocycles. The Morgan fingerprint density at radius 1 is 1.20 bits per heavy atom. The second kappa shape index (κ2) is 7.42. The number of likely N-dealkylation sites (N-methyl/N-ethyl adjacent to an activating group) is 1. The topological polar surface area (TPSA) is 45.3 Å². The average molecular weight is 401 g/mol. The number of halogens is 1. The number of carbonyl (C=O) groups excluding carboxylic acids is 1. The Hall–Kier alpha value is -2.11. The predicted octanol–water partition coefficient (Wildman–Crippen LogP) is 4.56. The summed E-state index contributed by atoms with van der Waals surface area (Å²) in [7, 11) is 4.09. The number of fused-ring (bicyclic) bond motifs is 1. The van der Waals surface area contributed by atoms with Gasteiger partial charge in [-0.05, 0) is 62.8 Å². The Kier molecular flexibility index (Phi) is 5.25. The fourth-order valence-corrected chi connectivity index (χ4v) is 3.20. The number of rotatable bonds is 5. The minimum atomic E-state index is -0.342. The second-order valence-corrected chi connectivity index (χ2v) is 7.20. The van der Waals surface area contributed by atoms with Crippen LogP contribution in [0.5, 0.6) is 5.75 Å². The molecular weight excluding hydrogens is 380 g/mol. The molecule has 3 rings (SSSR count). The summed E-state index contributed by atoms with van der Waals surface area (Å²) in [5.74, 6) is 0.253. The van der Waals surface area contributed by atoms with E-state index in [1.165, 1.54) is 0 Å². The first-order chi connectivity index (χ1) is 12.0. The lowest BCUT2D eigenvalue weighted by molar-refractivity contribution is 0.0736. The van der Waals surface area contributed by atoms with E-state index < -0.39 is 0 Å². The largest absolute Gasteiger partial charge is 0.422 e. The SMILES string of the molecule is Cc1c(Br)cccc1C(=O)Oc1cccc2[nH]cc(CCN(C)C)c12. The quantitative estimate of drug-likeness (QED) is 0.504. The highest BCUT2D eigenvalue weighted by atomic mass is 79.9. The van der Waals surface area contributed by atoms with Gasteiger partial charge in [0.2, 0.25) is 0 Å². The van der Waals surface area contributed by atoms with Gasteiger partial charge in [0.15, 0.2) is 0 Å². The molecule has 0 spiro atoms. The highest BCUT2D eigenvalue weighted by molar-refractivity contribution is 9.10. The van der Waals surface area contributed by atoms with Gasteiger partial charge >= 0.3 is 5.97 Å². The van der Waals surface area contributed by atoms with E-state index in [4.69, 9.17) is 4.74 Å². The number of H-pyrrole nitrogens is 1. The summed E-state index contributed by atoms with van der Waals surface area (Å²) >= 11 is 3.46. The van der Waals surface area contributed by atoms with E-state index in [1.807, 2.05) is 57.5 Å². The van der Waals surface area contributed by atoms with Gasteiger partial charge < -0.3 is 14.6 Å². The van der Waals surface area contributed by atoms with Crippen LogP contribution in [0, 0.1) is 6.92 Å². The highest BCUT2D eigenvalue weighted by Gasteiger charge is 2.16. The van der Waals surface area contributed by atoms with Gasteiger partial charge in [-0.2, -0.15) is 0 Å². The number of carbonyl (C=O) groups is 1. The van der Waals surface area contributed by atoms with Crippen molar-refractivity contribution < 1.29 is 9.53 Å². The molecule has 0 saturated carbocycles. The lowest BCUT2D eigenvalue weighted by Gasteiger charge is -2.11. The maximum Gasteiger partial charge on any atom is 0.343 e. The molecule has 130 valence electrons. The van der Waals surface area contributed by atoms with Crippen molar-refractivity contribution in [3.63, 3.8) is 0 Å². The lowest BCUT2D eigenvalue weighted by atomic mass is 10.1. The molecule has 0 aliphatic rings. The van der Waals surface area contributed by atoms with Gasteiger partial charge in [-0.1, -0.05) is 28.1 Å². The van der Waals surface area contributed by atoms with Crippen LogP contribution < -0.4 is 4.74 Å². The van der Waals surface area contributed by atoms with Crippen LogP contribution in [0.3, 0.4) is 0 Å². The van der Waals surface area contributed by atoms with E-state index in [0.29, 0.717) is 11.3 Å². The number of hydrogen-bond donors (Lipinski definition) is 1. The third-order valence-electron chi connectivity index (χ3n) is 4.27. The Bertz CT molecular complexity index is 915. The summed E-state index contributed by atoms with van der Waals surface area (Å²) in [4.78, 5) is 18.1. The van der Waals surface area contributed by atoms with Crippen molar-refractivity contribution in [1.29, 1.82) is 0 Å². The number of aromatic nitrogens is 1. The first-order valence-corrected chi connectivity index (χ1v) is 8.97. The Morgan fingerprint density at radius 2 is 1.96 bits per heavy atom. The fourth-order valence-electron chi connectivity index (χ4n) is 2.83. The molecule has 1 N–H and O–H groups in total. The average Bonchev–Trinajstić information content (AvgIpc) is 2.99. The smallest absolute Gasteiger partial charge is 0.343 e. The van der Waals surface area contributed by atoms with Crippen LogP contribution in [0.2, 0.25) is 0 Å². The van der Waals surface area contributed by atoms with E-state index >= 15 is 0 Å². The normalized spacial score (nSPS) is 11.2. The van der Waals surface area contributed by atoms with Crippen LogP contribution in [-0.4, -0.2) is 36.5 Å². The van der Waals surface area contributed by atoms with Crippen LogP contribution in [0.15, 0.2) is 47.1 Å². The van der Waals surface area contributed by atoms with Crippen LogP contribution >= 0.6 is 15.9 Å². The van der Waals surface area contributed by atoms with Crippen LogP contribution in [-0.2, 0) is 6.42 Å². The minimum absolute atomic E-state index is 0.342. The Labute approximate surface area is 155 Å². The second-order valence-electron chi connectivity index (χ2n) is 6.35. The first kappa shape index (κ1) is 17.7. The molecule has 3 aromatic rings. The molecule has 0 atom stereocenters. The number of aromatic amines is 1. The summed E-state index contributed by atoms with van der Waals surface area (Å²) in [5.41, 5.74) is 3.57. The van der Waals surface area contributed by atoms with Crippen molar-refractivity contribution in [2.24, 2.45) is 0 Å². The molecule has 0 unspecified atom stereocenters. The molecule has 1 aromatic heterocycles. The van der Waals surface area contributed by atoms with Gasteiger partial charge in [-0.15, -0.1) is 0 Å². The maximum atomic E-state index is 12.7. The predicted molar refractivity (Wildman–Crippen MR) is 104 cm³/mol. The van der Waals surface area contributed by atoms with Gasteiger partial charge in [-0.3, -0.25) is 0 Å². The Morgan fingerprint density at radius 3 is 2.72 bits per heavy atom. The number of nitrogens with zero attached hydrogens (tertiary/aromatic N) is 1. The summed E-state index contributed by atoms with van der Waals surface area (Å²) in [6.45, 7) is 2.83. The molecule has 0 saturated heterocycles. The number of nitrogens with one attached hydrogen (secondary N) is 1. The first-order valence-electron chi connectivity index (χ1n) is 8.18. The van der Waals surface area contributed by atoms with Crippen molar-refractivity contribution in [3.8, 4) is 5.75 Å². The molecule has 0 aliphatic heterocycles. The van der Waals surface area contributed by atoms with E-state index in [9.17, 15) is 4.79 Å². The minimum Gasteiger partial charge on any atom is -0.422 e. The zero-order valence-corrected chi connectivity index (χ0v) is 16.2. The lowest BCUT2D eigenvalue weighted by Crippen LogP contribution is -2.15. The zero-order chi connectivity index (χ0) is 18.0. The molecule has 0 amide bonds. The van der Waals surface area contributed by atoms with Gasteiger partial charge in [-0.25, -0.2) is 4.79 Å². The van der Waals surface area contributed by atoms with Gasteiger partial charge in [0.1, 0.15) is 5.75 Å². The summed E-state index contributed by atoms with van der Waals surface area (Å²) in [5, 5.41) is 0.977. The zero-order valence-electron chi connectivity index (χ0n) is 14.6. The van der Waals surface area contributed by atoms with E-state index in [1.54, 1.807) is 6.07 Å². The van der Waals surface area contributed by atoms with Gasteiger partial charge in [0.25, 0.3) is 0 Å². The third-order valence-corrected chi connectivity index (χ3v) is 5.13. The maximum absolute atomic E-state index is 12.7. The van der Waals surface area contributed by atoms with Gasteiger partial charge in [0, 0.05) is 28.1 Å². The highest BCUT2D eigenvalue weighted by Crippen LogP contribution is 2.30. The molecule has 0 radical (unpaired) electrons. The van der Waals surface area contributed by atoms with Crippen molar-refractivity contribution in [2.75, 3.05) is 20.6 Å². The molecule has 2 aromatic carbocycles. The van der Waals surface area contributed by atoms with Crippen molar-refractivity contribution in [3.05, 3.63) is 63.8 Å². The Balaban J connectivity index is 1.94. The molecule has 4 nitrogen and oxygen atoms in total. The molecule has 5 heteroatoms. The van der Waals surface area contributed by atoms with E-state index in [-0.39, 0.29) is 5.97 Å². The van der Waals surface area contributed by atoms with Crippen molar-refractivity contribution >= 4 is 32.8 Å². The molecule has 0 bridgehead atoms. The van der Waals surface area contributed by atoms with E-state index in [2.05, 4.69) is 25.8 Å². The molecule has 0 fully saturated rings. The van der Waals surface area contributed by atoms with Crippen LogP contribution in [0.1, 0.15) is 21.5 Å². The molecule has 0 aliphatic carbocycles. The van der Waals surface area contributed by atoms with Crippen LogP contribution in [0.25, 0.3) is 10.9 Å². The van der Waals surface area contributed by atoms with Crippen LogP contribution in [0.4, 0.5) is 0 Å².